The predicted molar refractivity (Wildman–Crippen MR) is 146 cm³/mol. The van der Waals surface area contributed by atoms with Crippen LogP contribution in [0.2, 0.25) is 0 Å². The van der Waals surface area contributed by atoms with Gasteiger partial charge in [0.2, 0.25) is 5.91 Å². The number of phenols is 1. The van der Waals surface area contributed by atoms with Gasteiger partial charge in [0.15, 0.2) is 0 Å². The highest BCUT2D eigenvalue weighted by atomic mass is 31.2. The Hall–Kier alpha value is -3.81. The van der Waals surface area contributed by atoms with Gasteiger partial charge in [-0.3, -0.25) is 9.36 Å². The third kappa shape index (κ3) is 5.51. The fraction of sp³-hybridized carbons (Fsp3) is 0.167. The van der Waals surface area contributed by atoms with Crippen molar-refractivity contribution in [3.8, 4) is 16.9 Å². The summed E-state index contributed by atoms with van der Waals surface area (Å²) in [6.07, 6.45) is 0.00827. The number of aromatic hydroxyl groups is 1. The van der Waals surface area contributed by atoms with Crippen LogP contribution < -0.4 is 10.2 Å². The lowest BCUT2D eigenvalue weighted by atomic mass is 9.78. The predicted octanol–water partition coefficient (Wildman–Crippen LogP) is 5.22. The van der Waals surface area contributed by atoms with Gasteiger partial charge in [-0.25, -0.2) is 4.39 Å². The molecule has 39 heavy (non-hydrogen) atoms. The lowest BCUT2D eigenvalue weighted by molar-refractivity contribution is -0.131. The van der Waals surface area contributed by atoms with Gasteiger partial charge in [-0.05, 0) is 72.0 Å². The van der Waals surface area contributed by atoms with E-state index in [1.807, 2.05) is 30.3 Å². The van der Waals surface area contributed by atoms with E-state index in [2.05, 4.69) is 0 Å². The second kappa shape index (κ2) is 10.8. The number of hydrogen-bond acceptors (Lipinski definition) is 4. The molecule has 1 fully saturated rings. The highest BCUT2D eigenvalue weighted by Crippen LogP contribution is 2.48. The molecule has 0 aliphatic carbocycles. The first-order valence-electron chi connectivity index (χ1n) is 12.4. The number of anilines is 1. The molecular weight excluding hydrogens is 520 g/mol. The minimum Gasteiger partial charge on any atom is -0.507 e. The van der Waals surface area contributed by atoms with E-state index in [9.17, 15) is 33.7 Å². The zero-order valence-corrected chi connectivity index (χ0v) is 21.7. The van der Waals surface area contributed by atoms with Crippen LogP contribution in [0.3, 0.4) is 0 Å². The third-order valence-electron chi connectivity index (χ3n) is 7.11. The maximum absolute atomic E-state index is 13.6. The number of hydrogen-bond donors (Lipinski definition) is 4. The average molecular weight is 548 g/mol. The van der Waals surface area contributed by atoms with Crippen molar-refractivity contribution in [2.75, 3.05) is 4.90 Å². The number of benzene rings is 4. The van der Waals surface area contributed by atoms with E-state index in [0.717, 1.165) is 5.56 Å². The summed E-state index contributed by atoms with van der Waals surface area (Å²) in [6.45, 7) is 0. The lowest BCUT2D eigenvalue weighted by Crippen LogP contribution is -2.55. The minimum absolute atomic E-state index is 0.114. The summed E-state index contributed by atoms with van der Waals surface area (Å²) in [5, 5.41) is 21.4. The molecule has 1 aliphatic heterocycles. The first kappa shape index (κ1) is 26.8. The number of amides is 1. The number of phenolic OH excluding ortho intramolecular Hbond substituents is 1. The smallest absolute Gasteiger partial charge is 0.356 e. The fourth-order valence-electron chi connectivity index (χ4n) is 5.11. The van der Waals surface area contributed by atoms with E-state index in [0.29, 0.717) is 35.2 Å². The Morgan fingerprint density at radius 1 is 0.897 bits per heavy atom. The van der Waals surface area contributed by atoms with Gasteiger partial charge in [-0.1, -0.05) is 54.6 Å². The van der Waals surface area contributed by atoms with Crippen molar-refractivity contribution < 1.29 is 33.7 Å². The molecule has 1 aliphatic rings. The Morgan fingerprint density at radius 3 is 2.28 bits per heavy atom. The molecule has 9 heteroatoms. The van der Waals surface area contributed by atoms with Gasteiger partial charge in [0.05, 0.1) is 23.4 Å². The van der Waals surface area contributed by atoms with E-state index in [1.54, 1.807) is 23.1 Å². The fourth-order valence-corrected chi connectivity index (χ4v) is 5.70. The van der Waals surface area contributed by atoms with Crippen LogP contribution in [0.4, 0.5) is 10.1 Å². The van der Waals surface area contributed by atoms with Gasteiger partial charge in [0, 0.05) is 11.3 Å². The standard InChI is InChI=1S/C30H27FNO6P/c31-22-10-12-23(13-11-22)32-29(26(30(32)35)15-16-27(33)19-5-2-1-3-6-19)21-9-14-25(28(34)18-21)20-7-4-8-24(17-20)39(36,37)38/h1-14,17-18,26-27,29,33-34H,15-16H2,(H2,36,37,38)/t26-,27+,29-/m1/s1. The molecule has 200 valence electrons. The van der Waals surface area contributed by atoms with Crippen molar-refractivity contribution in [2.24, 2.45) is 5.92 Å². The number of nitrogens with zero attached hydrogens (tertiary/aromatic N) is 1. The van der Waals surface area contributed by atoms with Crippen LogP contribution in [-0.4, -0.2) is 25.9 Å². The Balaban J connectivity index is 1.45. The van der Waals surface area contributed by atoms with Gasteiger partial charge in [-0.15, -0.1) is 0 Å². The molecule has 7 nitrogen and oxygen atoms in total. The third-order valence-corrected chi connectivity index (χ3v) is 8.06. The summed E-state index contributed by atoms with van der Waals surface area (Å²) in [5.41, 5.74) is 2.73. The lowest BCUT2D eigenvalue weighted by Gasteiger charge is -2.48. The zero-order chi connectivity index (χ0) is 27.7. The number of carbonyl (C=O) groups is 1. The second-order valence-electron chi connectivity index (χ2n) is 9.61. The maximum atomic E-state index is 13.6. The highest BCUT2D eigenvalue weighted by Gasteiger charge is 2.48. The Bertz CT molecular complexity index is 1540. The van der Waals surface area contributed by atoms with Crippen LogP contribution in [0.1, 0.15) is 36.1 Å². The molecule has 4 aromatic rings. The summed E-state index contributed by atoms with van der Waals surface area (Å²) in [4.78, 5) is 33.9. The molecule has 5 rings (SSSR count). The minimum atomic E-state index is -4.47. The van der Waals surface area contributed by atoms with E-state index < -0.39 is 31.5 Å². The van der Waals surface area contributed by atoms with Crippen LogP contribution in [0.25, 0.3) is 11.1 Å². The maximum Gasteiger partial charge on any atom is 0.356 e. The topological polar surface area (TPSA) is 118 Å². The highest BCUT2D eigenvalue weighted by molar-refractivity contribution is 7.60. The average Bonchev–Trinajstić information content (AvgIpc) is 2.92. The molecule has 1 amide bonds. The Labute approximate surface area is 225 Å². The summed E-state index contributed by atoms with van der Waals surface area (Å²) in [7, 11) is -4.47. The molecule has 0 saturated carbocycles. The van der Waals surface area contributed by atoms with Gasteiger partial charge in [0.25, 0.3) is 0 Å². The molecule has 1 heterocycles. The molecule has 0 radical (unpaired) electrons. The van der Waals surface area contributed by atoms with Crippen LogP contribution in [0, 0.1) is 11.7 Å². The summed E-state index contributed by atoms with van der Waals surface area (Å²) in [5.74, 6) is -1.18. The van der Waals surface area contributed by atoms with Crippen LogP contribution >= 0.6 is 7.60 Å². The molecule has 1 saturated heterocycles. The molecule has 0 bridgehead atoms. The van der Waals surface area contributed by atoms with Gasteiger partial charge in [-0.2, -0.15) is 0 Å². The van der Waals surface area contributed by atoms with Crippen molar-refractivity contribution in [3.05, 3.63) is 114 Å². The van der Waals surface area contributed by atoms with E-state index in [1.165, 1.54) is 48.5 Å². The number of halogens is 1. The van der Waals surface area contributed by atoms with Crippen molar-refractivity contribution in [3.63, 3.8) is 0 Å². The van der Waals surface area contributed by atoms with Gasteiger partial charge >= 0.3 is 7.60 Å². The molecule has 3 atom stereocenters. The number of β-lactam (4-membered cyclic amide) rings is 1. The first-order chi connectivity index (χ1) is 18.6. The van der Waals surface area contributed by atoms with Crippen LogP contribution in [0.5, 0.6) is 5.75 Å². The Morgan fingerprint density at radius 2 is 1.62 bits per heavy atom. The van der Waals surface area contributed by atoms with E-state index >= 15 is 0 Å². The quantitative estimate of drug-likeness (QED) is 0.178. The molecule has 4 N–H and O–H groups in total. The monoisotopic (exact) mass is 547 g/mol. The van der Waals surface area contributed by atoms with Crippen molar-refractivity contribution in [2.45, 2.75) is 25.0 Å². The normalized spacial score (nSPS) is 18.1. The zero-order valence-electron chi connectivity index (χ0n) is 20.8. The molecular formula is C30H27FNO6P. The molecule has 0 aromatic heterocycles. The van der Waals surface area contributed by atoms with Gasteiger partial charge in [0.1, 0.15) is 11.6 Å². The number of rotatable bonds is 8. The molecule has 0 unspecified atom stereocenters. The number of carbonyl (C=O) groups excluding carboxylic acids is 1. The van der Waals surface area contributed by atoms with E-state index in [-0.39, 0.29) is 17.0 Å². The van der Waals surface area contributed by atoms with Crippen LogP contribution in [0.15, 0.2) is 97.1 Å². The molecule has 0 spiro atoms. The summed E-state index contributed by atoms with van der Waals surface area (Å²) in [6, 6.07) is 25.1. The molecule has 4 aromatic carbocycles. The number of aliphatic hydroxyl groups is 1. The van der Waals surface area contributed by atoms with Gasteiger partial charge < -0.3 is 24.9 Å². The summed E-state index contributed by atoms with van der Waals surface area (Å²) < 4.78 is 25.3. The number of aliphatic hydroxyl groups excluding tert-OH is 1. The van der Waals surface area contributed by atoms with E-state index in [4.69, 9.17) is 0 Å². The van der Waals surface area contributed by atoms with Crippen LogP contribution in [-0.2, 0) is 9.36 Å². The Kier molecular flexibility index (Phi) is 7.38. The summed E-state index contributed by atoms with van der Waals surface area (Å²) >= 11 is 0. The largest absolute Gasteiger partial charge is 0.507 e. The van der Waals surface area contributed by atoms with Crippen molar-refractivity contribution >= 4 is 24.5 Å². The first-order valence-corrected chi connectivity index (χ1v) is 14.1. The van der Waals surface area contributed by atoms with Crippen molar-refractivity contribution in [1.82, 2.24) is 0 Å². The SMILES string of the molecule is O=C1[C@H](CC[C@H](O)c2ccccc2)[C@@H](c2ccc(-c3cccc(P(=O)(O)O)c3)c(O)c2)N1c1ccc(F)cc1. The van der Waals surface area contributed by atoms with Crippen molar-refractivity contribution in [1.29, 1.82) is 0 Å². The second-order valence-corrected chi connectivity index (χ2v) is 11.2.